The van der Waals surface area contributed by atoms with Crippen LogP contribution in [0.3, 0.4) is 0 Å². The van der Waals surface area contributed by atoms with Crippen LogP contribution in [0.4, 0.5) is 0 Å². The molecule has 1 nitrogen and oxygen atoms in total. The standard InChI is InChI=1S/C8H18N/c1-4-6-7-8-9(3)5-2/h8H,4-7H2,1-3H3/q+1. The van der Waals surface area contributed by atoms with Crippen molar-refractivity contribution in [1.82, 2.24) is 0 Å². The molecule has 0 saturated carbocycles. The van der Waals surface area contributed by atoms with Gasteiger partial charge in [0.25, 0.3) is 0 Å². The Bertz CT molecular complexity index is 84.6. The first-order chi connectivity index (χ1) is 4.31. The Labute approximate surface area is 58.4 Å². The van der Waals surface area contributed by atoms with Crippen LogP contribution >= 0.6 is 0 Å². The molecule has 0 amide bonds. The molecule has 0 N–H and O–H groups in total. The van der Waals surface area contributed by atoms with Gasteiger partial charge < -0.3 is 0 Å². The molecule has 54 valence electrons. The highest BCUT2D eigenvalue weighted by Gasteiger charge is 1.87. The van der Waals surface area contributed by atoms with Gasteiger partial charge in [-0.1, -0.05) is 13.3 Å². The average molecular weight is 128 g/mol. The number of unbranched alkanes of at least 4 members (excludes halogenated alkanes) is 2. The first kappa shape index (κ1) is 8.67. The van der Waals surface area contributed by atoms with Crippen LogP contribution in [0.1, 0.15) is 33.1 Å². The van der Waals surface area contributed by atoms with Crippen molar-refractivity contribution in [2.75, 3.05) is 13.6 Å². The highest BCUT2D eigenvalue weighted by atomic mass is 14.9. The summed E-state index contributed by atoms with van der Waals surface area (Å²) < 4.78 is 2.23. The molecule has 9 heavy (non-hydrogen) atoms. The van der Waals surface area contributed by atoms with Crippen molar-refractivity contribution >= 4 is 6.21 Å². The summed E-state index contributed by atoms with van der Waals surface area (Å²) in [6, 6.07) is 0. The van der Waals surface area contributed by atoms with E-state index in [1.54, 1.807) is 0 Å². The quantitative estimate of drug-likeness (QED) is 0.309. The highest BCUT2D eigenvalue weighted by molar-refractivity contribution is 5.50. The molecule has 0 saturated heterocycles. The van der Waals surface area contributed by atoms with Gasteiger partial charge in [-0.15, -0.1) is 0 Å². The lowest BCUT2D eigenvalue weighted by atomic mass is 10.3. The van der Waals surface area contributed by atoms with Gasteiger partial charge >= 0.3 is 0 Å². The second kappa shape index (κ2) is 5.80. The van der Waals surface area contributed by atoms with Crippen LogP contribution in [0.5, 0.6) is 0 Å². The summed E-state index contributed by atoms with van der Waals surface area (Å²) in [6.45, 7) is 5.52. The predicted octanol–water partition coefficient (Wildman–Crippen LogP) is 1.91. The summed E-state index contributed by atoms with van der Waals surface area (Å²) in [5.74, 6) is 0. The molecule has 0 rings (SSSR count). The maximum atomic E-state index is 2.27. The van der Waals surface area contributed by atoms with Gasteiger partial charge in [-0.25, -0.2) is 4.58 Å². The van der Waals surface area contributed by atoms with Crippen molar-refractivity contribution < 1.29 is 4.58 Å². The summed E-state index contributed by atoms with van der Waals surface area (Å²) in [6.07, 6.45) is 6.13. The molecule has 0 spiro atoms. The third-order valence-electron chi connectivity index (χ3n) is 1.50. The zero-order valence-corrected chi connectivity index (χ0v) is 6.85. The Hall–Kier alpha value is -0.330. The zero-order valence-electron chi connectivity index (χ0n) is 6.85. The van der Waals surface area contributed by atoms with E-state index >= 15 is 0 Å². The van der Waals surface area contributed by atoms with E-state index in [2.05, 4.69) is 31.7 Å². The summed E-state index contributed by atoms with van der Waals surface area (Å²) in [4.78, 5) is 0. The van der Waals surface area contributed by atoms with Gasteiger partial charge in [-0.05, 0) is 13.3 Å². The van der Waals surface area contributed by atoms with Crippen molar-refractivity contribution in [3.8, 4) is 0 Å². The molecule has 0 heterocycles. The molecular weight excluding hydrogens is 110 g/mol. The van der Waals surface area contributed by atoms with E-state index in [0.29, 0.717) is 0 Å². The van der Waals surface area contributed by atoms with E-state index in [4.69, 9.17) is 0 Å². The first-order valence-electron chi connectivity index (χ1n) is 3.84. The van der Waals surface area contributed by atoms with E-state index in [9.17, 15) is 0 Å². The molecule has 0 aromatic rings. The second-order valence-electron chi connectivity index (χ2n) is 2.40. The largest absolute Gasteiger partial charge is 0.243 e. The Morgan fingerprint density at radius 1 is 1.33 bits per heavy atom. The molecule has 1 heteroatoms. The van der Waals surface area contributed by atoms with Gasteiger partial charge in [0.2, 0.25) is 0 Å². The van der Waals surface area contributed by atoms with Gasteiger partial charge in [-0.3, -0.25) is 0 Å². The maximum Gasteiger partial charge on any atom is 0.139 e. The van der Waals surface area contributed by atoms with Gasteiger partial charge in [0, 0.05) is 6.42 Å². The lowest BCUT2D eigenvalue weighted by molar-refractivity contribution is -0.489. The fourth-order valence-electron chi connectivity index (χ4n) is 0.645. The van der Waals surface area contributed by atoms with Gasteiger partial charge in [0.05, 0.1) is 0 Å². The van der Waals surface area contributed by atoms with E-state index in [-0.39, 0.29) is 0 Å². The normalized spacial score (nSPS) is 12.1. The fourth-order valence-corrected chi connectivity index (χ4v) is 0.645. The zero-order chi connectivity index (χ0) is 7.11. The molecule has 0 atom stereocenters. The van der Waals surface area contributed by atoms with Crippen LogP contribution < -0.4 is 0 Å². The molecule has 0 aromatic carbocycles. The lowest BCUT2D eigenvalue weighted by Gasteiger charge is -1.89. The average Bonchev–Trinajstić information content (AvgIpc) is 1.89. The minimum absolute atomic E-state index is 1.13. The minimum atomic E-state index is 1.13. The van der Waals surface area contributed by atoms with Crippen LogP contribution in [0.15, 0.2) is 0 Å². The van der Waals surface area contributed by atoms with E-state index in [0.717, 1.165) is 6.54 Å². The number of hydrogen-bond donors (Lipinski definition) is 0. The first-order valence-corrected chi connectivity index (χ1v) is 3.84. The highest BCUT2D eigenvalue weighted by Crippen LogP contribution is 1.88. The summed E-state index contributed by atoms with van der Waals surface area (Å²) in [7, 11) is 2.12. The minimum Gasteiger partial charge on any atom is -0.243 e. The predicted molar refractivity (Wildman–Crippen MR) is 42.3 cm³/mol. The number of hydrogen-bond acceptors (Lipinski definition) is 0. The van der Waals surface area contributed by atoms with Crippen LogP contribution in [0, 0.1) is 0 Å². The van der Waals surface area contributed by atoms with E-state index < -0.39 is 0 Å². The van der Waals surface area contributed by atoms with Crippen molar-refractivity contribution in [2.24, 2.45) is 0 Å². The van der Waals surface area contributed by atoms with Crippen molar-refractivity contribution in [3.63, 3.8) is 0 Å². The van der Waals surface area contributed by atoms with E-state index in [1.807, 2.05) is 0 Å². The Morgan fingerprint density at radius 3 is 2.44 bits per heavy atom. The molecule has 0 fully saturated rings. The lowest BCUT2D eigenvalue weighted by Crippen LogP contribution is -2.05. The second-order valence-corrected chi connectivity index (χ2v) is 2.40. The Kier molecular flexibility index (Phi) is 5.59. The van der Waals surface area contributed by atoms with Crippen LogP contribution in [0.25, 0.3) is 0 Å². The maximum absolute atomic E-state index is 2.27. The summed E-state index contributed by atoms with van der Waals surface area (Å²) in [5, 5.41) is 0. The van der Waals surface area contributed by atoms with Gasteiger partial charge in [-0.2, -0.15) is 0 Å². The summed E-state index contributed by atoms with van der Waals surface area (Å²) >= 11 is 0. The Morgan fingerprint density at radius 2 is 2.00 bits per heavy atom. The third-order valence-corrected chi connectivity index (χ3v) is 1.50. The molecule has 0 aliphatic rings. The molecule has 0 radical (unpaired) electrons. The number of rotatable bonds is 4. The smallest absolute Gasteiger partial charge is 0.139 e. The molecule has 0 bridgehead atoms. The van der Waals surface area contributed by atoms with Gasteiger partial charge in [0.1, 0.15) is 19.8 Å². The van der Waals surface area contributed by atoms with Crippen molar-refractivity contribution in [1.29, 1.82) is 0 Å². The fraction of sp³-hybridized carbons (Fsp3) is 0.875. The molecule has 0 aromatic heterocycles. The van der Waals surface area contributed by atoms with Gasteiger partial charge in [0.15, 0.2) is 0 Å². The monoisotopic (exact) mass is 128 g/mol. The van der Waals surface area contributed by atoms with Crippen molar-refractivity contribution in [3.05, 3.63) is 0 Å². The summed E-state index contributed by atoms with van der Waals surface area (Å²) in [5.41, 5.74) is 0. The van der Waals surface area contributed by atoms with E-state index in [1.165, 1.54) is 19.3 Å². The third kappa shape index (κ3) is 5.54. The van der Waals surface area contributed by atoms with Crippen LogP contribution in [-0.2, 0) is 0 Å². The van der Waals surface area contributed by atoms with Crippen molar-refractivity contribution in [2.45, 2.75) is 33.1 Å². The molecule has 0 unspecified atom stereocenters. The SMILES string of the molecule is CCCCC=[N+](C)CC. The van der Waals surface area contributed by atoms with Crippen LogP contribution in [0.2, 0.25) is 0 Å². The molecular formula is C8H18N+. The Balaban J connectivity index is 3.21. The molecule has 0 aliphatic carbocycles. The topological polar surface area (TPSA) is 3.01 Å². The van der Waals surface area contributed by atoms with Crippen LogP contribution in [-0.4, -0.2) is 24.4 Å². The molecule has 0 aliphatic heterocycles. The number of nitrogens with zero attached hydrogens (tertiary/aromatic N) is 1.